The quantitative estimate of drug-likeness (QED) is 0.495. The summed E-state index contributed by atoms with van der Waals surface area (Å²) in [6.45, 7) is 1.97. The van der Waals surface area contributed by atoms with Crippen LogP contribution in [0.5, 0.6) is 5.75 Å². The Hall–Kier alpha value is -1.21. The van der Waals surface area contributed by atoms with Crippen molar-refractivity contribution in [3.63, 3.8) is 0 Å². The Bertz CT molecular complexity index is 721. The van der Waals surface area contributed by atoms with Gasteiger partial charge in [0, 0.05) is 10.6 Å². The molecule has 2 aromatic rings. The molecule has 0 spiro atoms. The lowest BCUT2D eigenvalue weighted by atomic mass is 10.1. The first kappa shape index (κ1) is 19.1. The number of hydrogen-bond acceptors (Lipinski definition) is 4. The highest BCUT2D eigenvalue weighted by atomic mass is 79.9. The van der Waals surface area contributed by atoms with E-state index >= 15 is 0 Å². The molecular formula is C17H16BrClO4S. The highest BCUT2D eigenvalue weighted by molar-refractivity contribution is 9.10. The predicted octanol–water partition coefficient (Wildman–Crippen LogP) is 4.60. The third kappa shape index (κ3) is 4.45. The highest BCUT2D eigenvalue weighted by Crippen LogP contribution is 2.34. The second-order valence-corrected chi connectivity index (χ2v) is 7.52. The van der Waals surface area contributed by atoms with E-state index in [1.54, 1.807) is 43.3 Å². The van der Waals surface area contributed by atoms with Crippen LogP contribution in [-0.4, -0.2) is 24.2 Å². The van der Waals surface area contributed by atoms with Crippen LogP contribution in [0.3, 0.4) is 0 Å². The smallest absolute Gasteiger partial charge is 0.342 e. The SMILES string of the molecule is CCOC(=O)c1c(C[S+]([O-])c2ccc(Cl)cc2)ccc(Br)c1OC. The number of methoxy groups -OCH3 is 1. The molecular weight excluding hydrogens is 416 g/mol. The van der Waals surface area contributed by atoms with E-state index in [-0.39, 0.29) is 17.9 Å². The lowest BCUT2D eigenvalue weighted by Crippen LogP contribution is -2.14. The van der Waals surface area contributed by atoms with Gasteiger partial charge in [-0.05, 0) is 64.4 Å². The summed E-state index contributed by atoms with van der Waals surface area (Å²) in [6, 6.07) is 10.3. The highest BCUT2D eigenvalue weighted by Gasteiger charge is 2.24. The Balaban J connectivity index is 2.38. The van der Waals surface area contributed by atoms with Crippen LogP contribution in [-0.2, 0) is 21.7 Å². The van der Waals surface area contributed by atoms with Crippen molar-refractivity contribution in [3.8, 4) is 5.75 Å². The summed E-state index contributed by atoms with van der Waals surface area (Å²) in [5, 5.41) is 0.577. The maximum atomic E-state index is 12.6. The van der Waals surface area contributed by atoms with Gasteiger partial charge in [0.05, 0.1) is 18.2 Å². The summed E-state index contributed by atoms with van der Waals surface area (Å²) < 4.78 is 23.7. The molecule has 0 fully saturated rings. The zero-order valence-electron chi connectivity index (χ0n) is 13.2. The van der Waals surface area contributed by atoms with Gasteiger partial charge in [-0.3, -0.25) is 0 Å². The van der Waals surface area contributed by atoms with E-state index in [9.17, 15) is 9.35 Å². The molecule has 0 aliphatic rings. The van der Waals surface area contributed by atoms with Gasteiger partial charge in [-0.1, -0.05) is 17.7 Å². The van der Waals surface area contributed by atoms with Crippen molar-refractivity contribution in [1.29, 1.82) is 0 Å². The van der Waals surface area contributed by atoms with E-state index in [2.05, 4.69) is 15.9 Å². The van der Waals surface area contributed by atoms with E-state index in [4.69, 9.17) is 21.1 Å². The third-order valence-electron chi connectivity index (χ3n) is 3.24. The van der Waals surface area contributed by atoms with Crippen molar-refractivity contribution < 1.29 is 18.8 Å². The average Bonchev–Trinajstić information content (AvgIpc) is 2.56. The number of benzene rings is 2. The zero-order chi connectivity index (χ0) is 17.7. The topological polar surface area (TPSA) is 58.6 Å². The molecule has 0 saturated heterocycles. The lowest BCUT2D eigenvalue weighted by Gasteiger charge is -2.16. The number of esters is 1. The second-order valence-electron chi connectivity index (χ2n) is 4.78. The molecule has 0 saturated carbocycles. The number of halogens is 2. The Kier molecular flexibility index (Phi) is 6.98. The molecule has 1 atom stereocenters. The van der Waals surface area contributed by atoms with Gasteiger partial charge in [0.25, 0.3) is 0 Å². The molecule has 4 nitrogen and oxygen atoms in total. The minimum atomic E-state index is -1.33. The molecule has 0 N–H and O–H groups in total. The van der Waals surface area contributed by atoms with E-state index in [1.807, 2.05) is 0 Å². The Morgan fingerprint density at radius 3 is 2.50 bits per heavy atom. The zero-order valence-corrected chi connectivity index (χ0v) is 16.3. The molecule has 0 radical (unpaired) electrons. The molecule has 0 aromatic heterocycles. The van der Waals surface area contributed by atoms with Crippen molar-refractivity contribution in [2.45, 2.75) is 17.6 Å². The maximum absolute atomic E-state index is 12.6. The molecule has 2 aromatic carbocycles. The molecule has 0 bridgehead atoms. The molecule has 7 heteroatoms. The molecule has 1 unspecified atom stereocenters. The Morgan fingerprint density at radius 1 is 1.25 bits per heavy atom. The van der Waals surface area contributed by atoms with E-state index in [1.165, 1.54) is 7.11 Å². The summed E-state index contributed by atoms with van der Waals surface area (Å²) in [5.74, 6) is 0.0391. The summed E-state index contributed by atoms with van der Waals surface area (Å²) in [6.07, 6.45) is 0. The number of hydrogen-bond donors (Lipinski definition) is 0. The molecule has 2 rings (SSSR count). The number of carbonyl (C=O) groups is 1. The summed E-state index contributed by atoms with van der Waals surface area (Å²) in [4.78, 5) is 13.0. The number of ether oxygens (including phenoxy) is 2. The van der Waals surface area contributed by atoms with Crippen molar-refractivity contribution in [2.75, 3.05) is 13.7 Å². The molecule has 0 heterocycles. The van der Waals surface area contributed by atoms with Crippen LogP contribution >= 0.6 is 27.5 Å². The van der Waals surface area contributed by atoms with Gasteiger partial charge in [-0.2, -0.15) is 0 Å². The molecule has 0 aliphatic carbocycles. The van der Waals surface area contributed by atoms with Gasteiger partial charge in [0.2, 0.25) is 0 Å². The third-order valence-corrected chi connectivity index (χ3v) is 5.49. The Morgan fingerprint density at radius 2 is 1.92 bits per heavy atom. The van der Waals surface area contributed by atoms with E-state index < -0.39 is 17.1 Å². The van der Waals surface area contributed by atoms with Crippen molar-refractivity contribution in [2.24, 2.45) is 0 Å². The van der Waals surface area contributed by atoms with Gasteiger partial charge in [-0.15, -0.1) is 0 Å². The first-order valence-corrected chi connectivity index (χ1v) is 9.63. The fourth-order valence-corrected chi connectivity index (χ4v) is 3.90. The van der Waals surface area contributed by atoms with Crippen LogP contribution in [0.25, 0.3) is 0 Å². The average molecular weight is 432 g/mol. The van der Waals surface area contributed by atoms with Crippen LogP contribution in [0.2, 0.25) is 5.02 Å². The maximum Gasteiger partial charge on any atom is 0.342 e. The number of rotatable bonds is 6. The van der Waals surface area contributed by atoms with E-state index in [0.29, 0.717) is 25.7 Å². The molecule has 0 aliphatic heterocycles. The van der Waals surface area contributed by atoms with Crippen LogP contribution in [0.1, 0.15) is 22.8 Å². The molecule has 24 heavy (non-hydrogen) atoms. The first-order valence-electron chi connectivity index (χ1n) is 7.14. The van der Waals surface area contributed by atoms with Crippen LogP contribution in [0, 0.1) is 0 Å². The van der Waals surface area contributed by atoms with Crippen LogP contribution in [0.4, 0.5) is 0 Å². The standard InChI is InChI=1S/C17H16BrClO4S/c1-3-23-17(20)15-11(4-9-14(18)16(15)22-2)10-24(21)13-7-5-12(19)6-8-13/h4-9H,3,10H2,1-2H3. The van der Waals surface area contributed by atoms with Gasteiger partial charge in [0.15, 0.2) is 4.90 Å². The minimum Gasteiger partial charge on any atom is -0.611 e. The van der Waals surface area contributed by atoms with Crippen molar-refractivity contribution >= 4 is 44.7 Å². The monoisotopic (exact) mass is 430 g/mol. The predicted molar refractivity (Wildman–Crippen MR) is 98.2 cm³/mol. The Labute approximate surface area is 157 Å². The van der Waals surface area contributed by atoms with Gasteiger partial charge >= 0.3 is 5.97 Å². The summed E-state index contributed by atoms with van der Waals surface area (Å²) >= 11 is 7.88. The van der Waals surface area contributed by atoms with Crippen molar-refractivity contribution in [1.82, 2.24) is 0 Å². The fourth-order valence-electron chi connectivity index (χ4n) is 2.16. The second kappa shape index (κ2) is 8.76. The molecule has 0 amide bonds. The fraction of sp³-hybridized carbons (Fsp3) is 0.235. The largest absolute Gasteiger partial charge is 0.611 e. The van der Waals surface area contributed by atoms with Crippen molar-refractivity contribution in [3.05, 3.63) is 57.0 Å². The number of carbonyl (C=O) groups excluding carboxylic acids is 1. The summed E-state index contributed by atoms with van der Waals surface area (Å²) in [7, 11) is 1.47. The van der Waals surface area contributed by atoms with Crippen LogP contribution in [0.15, 0.2) is 45.8 Å². The van der Waals surface area contributed by atoms with Gasteiger partial charge in [-0.25, -0.2) is 4.79 Å². The van der Waals surface area contributed by atoms with E-state index in [0.717, 1.165) is 0 Å². The van der Waals surface area contributed by atoms with Crippen LogP contribution < -0.4 is 4.74 Å². The normalized spacial score (nSPS) is 11.9. The lowest BCUT2D eigenvalue weighted by molar-refractivity contribution is 0.0521. The first-order chi connectivity index (χ1) is 11.5. The summed E-state index contributed by atoms with van der Waals surface area (Å²) in [5.41, 5.74) is 0.887. The minimum absolute atomic E-state index is 0.166. The van der Waals surface area contributed by atoms with Gasteiger partial charge < -0.3 is 14.0 Å². The van der Waals surface area contributed by atoms with Gasteiger partial charge in [0.1, 0.15) is 17.1 Å². The molecule has 128 valence electrons.